The molecule has 2 aliphatic heterocycles. The van der Waals surface area contributed by atoms with Gasteiger partial charge in [-0.25, -0.2) is 0 Å². The first-order valence-corrected chi connectivity index (χ1v) is 10.4. The average molecular weight is 409 g/mol. The monoisotopic (exact) mass is 409 g/mol. The SMILES string of the molecule is O=C(Nc1cc(C(F)(F)F)ccc1N1CCCC1)C1CC(=O)N(C2CCCC2)C1. The molecular weight excluding hydrogens is 383 g/mol. The van der Waals surface area contributed by atoms with E-state index in [0.717, 1.165) is 63.7 Å². The highest BCUT2D eigenvalue weighted by molar-refractivity contribution is 5.99. The smallest absolute Gasteiger partial charge is 0.370 e. The van der Waals surface area contributed by atoms with Crippen molar-refractivity contribution >= 4 is 23.2 Å². The lowest BCUT2D eigenvalue weighted by atomic mass is 10.1. The summed E-state index contributed by atoms with van der Waals surface area (Å²) >= 11 is 0. The molecule has 8 heteroatoms. The Balaban J connectivity index is 1.52. The van der Waals surface area contributed by atoms with Gasteiger partial charge in [0.2, 0.25) is 11.8 Å². The Bertz CT molecular complexity index is 784. The van der Waals surface area contributed by atoms with Crippen LogP contribution in [0, 0.1) is 5.92 Å². The molecule has 0 spiro atoms. The van der Waals surface area contributed by atoms with Crippen molar-refractivity contribution in [2.75, 3.05) is 29.9 Å². The third-order valence-corrected chi connectivity index (χ3v) is 6.32. The Labute approximate surface area is 168 Å². The molecule has 4 rings (SSSR count). The molecule has 0 bridgehead atoms. The van der Waals surface area contributed by atoms with E-state index in [1.807, 2.05) is 4.90 Å². The molecule has 1 aromatic rings. The molecule has 29 heavy (non-hydrogen) atoms. The molecule has 0 aromatic heterocycles. The molecule has 2 amide bonds. The maximum atomic E-state index is 13.2. The molecule has 2 saturated heterocycles. The minimum atomic E-state index is -4.48. The van der Waals surface area contributed by atoms with Gasteiger partial charge in [0.05, 0.1) is 22.9 Å². The average Bonchev–Trinajstić information content (AvgIpc) is 3.42. The number of nitrogens with one attached hydrogen (secondary N) is 1. The van der Waals surface area contributed by atoms with Crippen LogP contribution in [0.3, 0.4) is 0 Å². The van der Waals surface area contributed by atoms with E-state index in [9.17, 15) is 22.8 Å². The summed E-state index contributed by atoms with van der Waals surface area (Å²) in [6, 6.07) is 3.71. The number of benzene rings is 1. The van der Waals surface area contributed by atoms with Crippen LogP contribution in [0.5, 0.6) is 0 Å². The zero-order valence-corrected chi connectivity index (χ0v) is 16.3. The highest BCUT2D eigenvalue weighted by atomic mass is 19.4. The molecule has 3 aliphatic rings. The van der Waals surface area contributed by atoms with E-state index in [0.29, 0.717) is 12.2 Å². The Kier molecular flexibility index (Phi) is 5.44. The maximum Gasteiger partial charge on any atom is 0.416 e. The number of alkyl halides is 3. The van der Waals surface area contributed by atoms with Crippen LogP contribution in [-0.2, 0) is 15.8 Å². The fraction of sp³-hybridized carbons (Fsp3) is 0.619. The third kappa shape index (κ3) is 4.21. The molecular formula is C21H26F3N3O2. The Hall–Kier alpha value is -2.25. The molecule has 3 fully saturated rings. The van der Waals surface area contributed by atoms with Crippen LogP contribution in [-0.4, -0.2) is 42.4 Å². The van der Waals surface area contributed by atoms with Gasteiger partial charge in [-0.15, -0.1) is 0 Å². The van der Waals surface area contributed by atoms with Gasteiger partial charge in [-0.05, 0) is 43.9 Å². The van der Waals surface area contributed by atoms with Gasteiger partial charge < -0.3 is 15.1 Å². The fourth-order valence-electron chi connectivity index (χ4n) is 4.76. The van der Waals surface area contributed by atoms with Gasteiger partial charge >= 0.3 is 6.18 Å². The summed E-state index contributed by atoms with van der Waals surface area (Å²) in [4.78, 5) is 29.0. The minimum absolute atomic E-state index is 0.0270. The first kappa shape index (κ1) is 20.0. The van der Waals surface area contributed by atoms with Crippen molar-refractivity contribution in [1.29, 1.82) is 0 Å². The standard InChI is InChI=1S/C21H26F3N3O2/c22-21(23,24)15-7-8-18(26-9-3-4-10-26)17(12-15)25-20(29)14-11-19(28)27(13-14)16-5-1-2-6-16/h7-8,12,14,16H,1-6,9-11,13H2,(H,25,29). The second-order valence-electron chi connectivity index (χ2n) is 8.30. The van der Waals surface area contributed by atoms with E-state index in [-0.39, 0.29) is 30.0 Å². The van der Waals surface area contributed by atoms with Crippen molar-refractivity contribution in [2.45, 2.75) is 57.2 Å². The fourth-order valence-corrected chi connectivity index (χ4v) is 4.76. The normalized spacial score (nSPS) is 23.3. The van der Waals surface area contributed by atoms with Gasteiger partial charge in [0, 0.05) is 32.1 Å². The predicted octanol–water partition coefficient (Wildman–Crippen LogP) is 4.04. The van der Waals surface area contributed by atoms with Crippen LogP contribution in [0.1, 0.15) is 50.5 Å². The molecule has 1 aromatic carbocycles. The van der Waals surface area contributed by atoms with Gasteiger partial charge in [-0.3, -0.25) is 9.59 Å². The topological polar surface area (TPSA) is 52.7 Å². The summed E-state index contributed by atoms with van der Waals surface area (Å²) in [5.74, 6) is -0.927. The molecule has 0 radical (unpaired) electrons. The van der Waals surface area contributed by atoms with Crippen molar-refractivity contribution in [3.8, 4) is 0 Å². The highest BCUT2D eigenvalue weighted by Gasteiger charge is 2.39. The van der Waals surface area contributed by atoms with Crippen molar-refractivity contribution in [1.82, 2.24) is 4.90 Å². The van der Waals surface area contributed by atoms with Gasteiger partial charge in [0.15, 0.2) is 0 Å². The highest BCUT2D eigenvalue weighted by Crippen LogP contribution is 2.37. The number of rotatable bonds is 4. The molecule has 5 nitrogen and oxygen atoms in total. The number of halogens is 3. The zero-order chi connectivity index (χ0) is 20.6. The van der Waals surface area contributed by atoms with E-state index in [4.69, 9.17) is 0 Å². The summed E-state index contributed by atoms with van der Waals surface area (Å²) in [5.41, 5.74) is 0.00476. The van der Waals surface area contributed by atoms with Crippen molar-refractivity contribution < 1.29 is 22.8 Å². The van der Waals surface area contributed by atoms with Gasteiger partial charge in [-0.1, -0.05) is 12.8 Å². The summed E-state index contributed by atoms with van der Waals surface area (Å²) in [6.45, 7) is 1.87. The van der Waals surface area contributed by atoms with Crippen molar-refractivity contribution in [3.05, 3.63) is 23.8 Å². The van der Waals surface area contributed by atoms with Crippen LogP contribution >= 0.6 is 0 Å². The van der Waals surface area contributed by atoms with Gasteiger partial charge in [-0.2, -0.15) is 13.2 Å². The molecule has 1 unspecified atom stereocenters. The van der Waals surface area contributed by atoms with Gasteiger partial charge in [0.25, 0.3) is 0 Å². The Morgan fingerprint density at radius 3 is 2.41 bits per heavy atom. The number of carbonyl (C=O) groups excluding carboxylic acids is 2. The van der Waals surface area contributed by atoms with Gasteiger partial charge in [0.1, 0.15) is 0 Å². The summed E-state index contributed by atoms with van der Waals surface area (Å²) in [7, 11) is 0. The lowest BCUT2D eigenvalue weighted by molar-refractivity contribution is -0.137. The number of amides is 2. The Morgan fingerprint density at radius 2 is 1.76 bits per heavy atom. The largest absolute Gasteiger partial charge is 0.416 e. The van der Waals surface area contributed by atoms with E-state index < -0.39 is 17.7 Å². The quantitative estimate of drug-likeness (QED) is 0.817. The molecule has 1 saturated carbocycles. The molecule has 1 N–H and O–H groups in total. The van der Waals surface area contributed by atoms with Crippen LogP contribution < -0.4 is 10.2 Å². The number of nitrogens with zero attached hydrogens (tertiary/aromatic N) is 2. The minimum Gasteiger partial charge on any atom is -0.370 e. The second-order valence-corrected chi connectivity index (χ2v) is 8.30. The number of hydrogen-bond donors (Lipinski definition) is 1. The first-order valence-electron chi connectivity index (χ1n) is 10.4. The molecule has 1 atom stereocenters. The molecule has 2 heterocycles. The van der Waals surface area contributed by atoms with Crippen LogP contribution in [0.2, 0.25) is 0 Å². The number of hydrogen-bond acceptors (Lipinski definition) is 3. The maximum absolute atomic E-state index is 13.2. The second kappa shape index (κ2) is 7.88. The van der Waals surface area contributed by atoms with E-state index >= 15 is 0 Å². The lowest BCUT2D eigenvalue weighted by Gasteiger charge is -2.25. The predicted molar refractivity (Wildman–Crippen MR) is 104 cm³/mol. The van der Waals surface area contributed by atoms with E-state index in [1.165, 1.54) is 6.07 Å². The Morgan fingerprint density at radius 1 is 1.07 bits per heavy atom. The van der Waals surface area contributed by atoms with Crippen molar-refractivity contribution in [3.63, 3.8) is 0 Å². The summed E-state index contributed by atoms with van der Waals surface area (Å²) in [6.07, 6.45) is 1.71. The van der Waals surface area contributed by atoms with E-state index in [2.05, 4.69) is 5.32 Å². The molecule has 1 aliphatic carbocycles. The van der Waals surface area contributed by atoms with E-state index in [1.54, 1.807) is 4.90 Å². The van der Waals surface area contributed by atoms with Crippen LogP contribution in [0.4, 0.5) is 24.5 Å². The van der Waals surface area contributed by atoms with Crippen molar-refractivity contribution in [2.24, 2.45) is 5.92 Å². The third-order valence-electron chi connectivity index (χ3n) is 6.32. The lowest BCUT2D eigenvalue weighted by Crippen LogP contribution is -2.35. The first-order chi connectivity index (χ1) is 13.8. The zero-order valence-electron chi connectivity index (χ0n) is 16.3. The number of carbonyl (C=O) groups is 2. The number of likely N-dealkylation sites (tertiary alicyclic amines) is 1. The van der Waals surface area contributed by atoms with Crippen LogP contribution in [0.25, 0.3) is 0 Å². The van der Waals surface area contributed by atoms with Crippen LogP contribution in [0.15, 0.2) is 18.2 Å². The summed E-state index contributed by atoms with van der Waals surface area (Å²) in [5, 5.41) is 2.71. The summed E-state index contributed by atoms with van der Waals surface area (Å²) < 4.78 is 39.6. The number of anilines is 2. The molecule has 158 valence electrons.